The Labute approximate surface area is 93.2 Å². The predicted molar refractivity (Wildman–Crippen MR) is 58.6 cm³/mol. The fourth-order valence-electron chi connectivity index (χ4n) is 1.93. The maximum atomic E-state index is 5.98. The van der Waals surface area contributed by atoms with E-state index >= 15 is 0 Å². The van der Waals surface area contributed by atoms with Gasteiger partial charge in [-0.05, 0) is 33.2 Å². The number of likely N-dealkylation sites (tertiary alicyclic amines) is 1. The van der Waals surface area contributed by atoms with Crippen LogP contribution in [0.1, 0.15) is 32.4 Å². The lowest BCUT2D eigenvalue weighted by atomic mass is 10.0. The molecule has 2 rings (SSSR count). The van der Waals surface area contributed by atoms with Crippen LogP contribution < -0.4 is 0 Å². The van der Waals surface area contributed by atoms with Crippen molar-refractivity contribution in [2.24, 2.45) is 0 Å². The van der Waals surface area contributed by atoms with E-state index in [0.29, 0.717) is 0 Å². The molecule has 3 nitrogen and oxygen atoms in total. The van der Waals surface area contributed by atoms with Crippen LogP contribution >= 0.6 is 23.1 Å². The molecule has 1 aromatic rings. The Morgan fingerprint density at radius 3 is 2.86 bits per heavy atom. The minimum absolute atomic E-state index is 0.285. The van der Waals surface area contributed by atoms with Gasteiger partial charge in [0.2, 0.25) is 0 Å². The summed E-state index contributed by atoms with van der Waals surface area (Å²) < 4.78 is 4.57. The number of rotatable bonds is 2. The van der Waals surface area contributed by atoms with Gasteiger partial charge in [-0.1, -0.05) is 16.1 Å². The molecule has 0 spiro atoms. The number of nitrogens with zero attached hydrogens (tertiary/aromatic N) is 3. The molecule has 1 aliphatic rings. The summed E-state index contributed by atoms with van der Waals surface area (Å²) in [4.78, 5) is 2.43. The highest BCUT2D eigenvalue weighted by Crippen LogP contribution is 2.31. The normalized spacial score (nSPS) is 21.6. The van der Waals surface area contributed by atoms with Gasteiger partial charge < -0.3 is 0 Å². The predicted octanol–water partition coefficient (Wildman–Crippen LogP) is 2.57. The van der Waals surface area contributed by atoms with Gasteiger partial charge in [0.15, 0.2) is 0 Å². The molecule has 0 N–H and O–H groups in total. The smallest absolute Gasteiger partial charge is 0.138 e. The number of aromatic nitrogens is 2. The summed E-state index contributed by atoms with van der Waals surface area (Å²) in [5.41, 5.74) is 1.21. The van der Waals surface area contributed by atoms with Crippen molar-refractivity contribution in [3.63, 3.8) is 0 Å². The molecule has 0 radical (unpaired) electrons. The molecule has 1 saturated heterocycles. The van der Waals surface area contributed by atoms with E-state index in [1.165, 1.54) is 24.4 Å². The molecule has 78 valence electrons. The van der Waals surface area contributed by atoms with E-state index < -0.39 is 0 Å². The van der Waals surface area contributed by atoms with Crippen LogP contribution in [-0.2, 0) is 6.54 Å². The van der Waals surface area contributed by atoms with Crippen molar-refractivity contribution in [1.82, 2.24) is 14.5 Å². The third-order valence-corrected chi connectivity index (χ3v) is 3.91. The first-order chi connectivity index (χ1) is 6.59. The van der Waals surface area contributed by atoms with Crippen molar-refractivity contribution < 1.29 is 0 Å². The Balaban J connectivity index is 2.08. The molecule has 1 fully saturated rings. The highest BCUT2D eigenvalue weighted by Gasteiger charge is 2.32. The molecular formula is C9H14ClN3S. The maximum absolute atomic E-state index is 5.98. The molecule has 0 unspecified atom stereocenters. The van der Waals surface area contributed by atoms with E-state index in [9.17, 15) is 0 Å². The van der Waals surface area contributed by atoms with Crippen LogP contribution in [0.15, 0.2) is 0 Å². The van der Waals surface area contributed by atoms with Crippen LogP contribution in [0.4, 0.5) is 0 Å². The molecule has 2 heterocycles. The van der Waals surface area contributed by atoms with E-state index in [-0.39, 0.29) is 5.54 Å². The van der Waals surface area contributed by atoms with E-state index in [1.54, 1.807) is 0 Å². The van der Waals surface area contributed by atoms with E-state index in [1.807, 2.05) is 0 Å². The highest BCUT2D eigenvalue weighted by molar-refractivity contribution is 7.10. The lowest BCUT2D eigenvalue weighted by Gasteiger charge is -2.30. The number of hydrogen-bond acceptors (Lipinski definition) is 4. The Kier molecular flexibility index (Phi) is 2.77. The molecule has 1 aliphatic heterocycles. The van der Waals surface area contributed by atoms with Crippen LogP contribution in [0.2, 0.25) is 4.34 Å². The lowest BCUT2D eigenvalue weighted by Crippen LogP contribution is -2.37. The fraction of sp³-hybridized carbons (Fsp3) is 0.778. The average Bonchev–Trinajstić information content (AvgIpc) is 2.62. The minimum atomic E-state index is 0.285. The molecular weight excluding hydrogens is 218 g/mol. The topological polar surface area (TPSA) is 29.0 Å². The number of halogens is 1. The van der Waals surface area contributed by atoms with Gasteiger partial charge in [0.25, 0.3) is 0 Å². The highest BCUT2D eigenvalue weighted by atomic mass is 35.5. The van der Waals surface area contributed by atoms with Crippen LogP contribution in [0.25, 0.3) is 0 Å². The standard InChI is InChI=1S/C9H14ClN3S/c1-9(2)4-3-5-13(9)6-7-8(10)14-12-11-7/h3-6H2,1-2H3. The Bertz CT molecular complexity index is 324. The maximum Gasteiger partial charge on any atom is 0.138 e. The summed E-state index contributed by atoms with van der Waals surface area (Å²) in [6.45, 7) is 6.52. The molecule has 0 bridgehead atoms. The van der Waals surface area contributed by atoms with Crippen LogP contribution in [0.5, 0.6) is 0 Å². The SMILES string of the molecule is CC1(C)CCCN1Cc1nnsc1Cl. The minimum Gasteiger partial charge on any atom is -0.292 e. The van der Waals surface area contributed by atoms with Crippen LogP contribution in [-0.4, -0.2) is 26.6 Å². The summed E-state index contributed by atoms with van der Waals surface area (Å²) in [7, 11) is 0. The van der Waals surface area contributed by atoms with Gasteiger partial charge in [0.1, 0.15) is 10.0 Å². The zero-order chi connectivity index (χ0) is 10.2. The third kappa shape index (κ3) is 1.92. The van der Waals surface area contributed by atoms with E-state index in [2.05, 4.69) is 28.3 Å². The van der Waals surface area contributed by atoms with Gasteiger partial charge >= 0.3 is 0 Å². The van der Waals surface area contributed by atoms with Gasteiger partial charge in [-0.3, -0.25) is 4.90 Å². The number of hydrogen-bond donors (Lipinski definition) is 0. The summed E-state index contributed by atoms with van der Waals surface area (Å²) in [6.07, 6.45) is 2.52. The van der Waals surface area contributed by atoms with Crippen LogP contribution in [0.3, 0.4) is 0 Å². The Morgan fingerprint density at radius 2 is 2.36 bits per heavy atom. The summed E-state index contributed by atoms with van der Waals surface area (Å²) >= 11 is 7.24. The molecule has 0 aliphatic carbocycles. The van der Waals surface area contributed by atoms with Crippen molar-refractivity contribution in [2.45, 2.75) is 38.8 Å². The first-order valence-corrected chi connectivity index (χ1v) is 5.96. The Morgan fingerprint density at radius 1 is 1.57 bits per heavy atom. The summed E-state index contributed by atoms with van der Waals surface area (Å²) in [5.74, 6) is 0. The van der Waals surface area contributed by atoms with E-state index in [4.69, 9.17) is 11.6 Å². The van der Waals surface area contributed by atoms with Crippen molar-refractivity contribution in [2.75, 3.05) is 6.54 Å². The zero-order valence-electron chi connectivity index (χ0n) is 8.46. The largest absolute Gasteiger partial charge is 0.292 e. The molecule has 0 saturated carbocycles. The third-order valence-electron chi connectivity index (χ3n) is 2.92. The second-order valence-electron chi connectivity index (χ2n) is 4.33. The van der Waals surface area contributed by atoms with Crippen molar-refractivity contribution in [3.05, 3.63) is 10.0 Å². The fourth-order valence-corrected chi connectivity index (χ4v) is 2.54. The van der Waals surface area contributed by atoms with Gasteiger partial charge in [-0.25, -0.2) is 0 Å². The van der Waals surface area contributed by atoms with E-state index in [0.717, 1.165) is 23.1 Å². The second-order valence-corrected chi connectivity index (χ2v) is 5.69. The van der Waals surface area contributed by atoms with Gasteiger partial charge in [-0.15, -0.1) is 5.10 Å². The monoisotopic (exact) mass is 231 g/mol. The van der Waals surface area contributed by atoms with Gasteiger partial charge in [0.05, 0.1) is 0 Å². The molecule has 0 aromatic carbocycles. The second kappa shape index (κ2) is 3.76. The molecule has 0 atom stereocenters. The lowest BCUT2D eigenvalue weighted by molar-refractivity contribution is 0.164. The van der Waals surface area contributed by atoms with Crippen molar-refractivity contribution >= 4 is 23.1 Å². The molecule has 1 aromatic heterocycles. The Hall–Kier alpha value is -0.190. The van der Waals surface area contributed by atoms with Gasteiger partial charge in [-0.2, -0.15) is 0 Å². The molecule has 0 amide bonds. The first-order valence-electron chi connectivity index (χ1n) is 4.81. The van der Waals surface area contributed by atoms with Crippen molar-refractivity contribution in [3.8, 4) is 0 Å². The van der Waals surface area contributed by atoms with Crippen LogP contribution in [0, 0.1) is 0 Å². The van der Waals surface area contributed by atoms with Crippen molar-refractivity contribution in [1.29, 1.82) is 0 Å². The summed E-state index contributed by atoms with van der Waals surface area (Å²) in [5, 5.41) is 4.04. The molecule has 14 heavy (non-hydrogen) atoms. The first kappa shape index (κ1) is 10.3. The zero-order valence-corrected chi connectivity index (χ0v) is 10.0. The summed E-state index contributed by atoms with van der Waals surface area (Å²) in [6, 6.07) is 0. The average molecular weight is 232 g/mol. The quantitative estimate of drug-likeness (QED) is 0.784. The molecule has 5 heteroatoms. The van der Waals surface area contributed by atoms with Gasteiger partial charge in [0, 0.05) is 23.6 Å².